The first kappa shape index (κ1) is 17.9. The van der Waals surface area contributed by atoms with Gasteiger partial charge in [0.2, 0.25) is 0 Å². The van der Waals surface area contributed by atoms with Crippen molar-refractivity contribution in [2.45, 2.75) is 18.8 Å². The van der Waals surface area contributed by atoms with Crippen LogP contribution in [0.15, 0.2) is 48.5 Å². The minimum absolute atomic E-state index is 0.0371. The highest BCUT2D eigenvalue weighted by Crippen LogP contribution is 2.48. The summed E-state index contributed by atoms with van der Waals surface area (Å²) < 4.78 is 5.63. The van der Waals surface area contributed by atoms with Gasteiger partial charge in [0.05, 0.1) is 11.3 Å². The van der Waals surface area contributed by atoms with Crippen molar-refractivity contribution in [2.24, 2.45) is 11.3 Å². The number of hydrogen-bond acceptors (Lipinski definition) is 4. The lowest BCUT2D eigenvalue weighted by Gasteiger charge is -2.23. The van der Waals surface area contributed by atoms with Gasteiger partial charge in [-0.15, -0.1) is 0 Å². The van der Waals surface area contributed by atoms with Crippen LogP contribution in [0, 0.1) is 11.3 Å². The number of likely N-dealkylation sites (tertiary alicyclic amines) is 1. The van der Waals surface area contributed by atoms with Crippen molar-refractivity contribution in [1.82, 2.24) is 4.90 Å². The first-order valence-corrected chi connectivity index (χ1v) is 9.87. The fourth-order valence-electron chi connectivity index (χ4n) is 5.24. The van der Waals surface area contributed by atoms with Gasteiger partial charge in [0.25, 0.3) is 0 Å². The van der Waals surface area contributed by atoms with Crippen molar-refractivity contribution in [2.75, 3.05) is 19.7 Å². The average Bonchev–Trinajstić information content (AvgIpc) is 3.37. The largest absolute Gasteiger partial charge is 0.481 e. The first-order chi connectivity index (χ1) is 14.0. The maximum atomic E-state index is 12.7. The number of carbonyl (C=O) groups excluding carboxylic acids is 2. The van der Waals surface area contributed by atoms with Crippen molar-refractivity contribution in [3.63, 3.8) is 0 Å². The molecule has 1 N–H and O–H groups in total. The summed E-state index contributed by atoms with van der Waals surface area (Å²) in [5, 5.41) is 9.68. The van der Waals surface area contributed by atoms with Gasteiger partial charge in [-0.3, -0.25) is 9.59 Å². The van der Waals surface area contributed by atoms with Gasteiger partial charge in [0.15, 0.2) is 0 Å². The summed E-state index contributed by atoms with van der Waals surface area (Å²) in [5.41, 5.74) is 3.39. The van der Waals surface area contributed by atoms with Crippen LogP contribution in [0.5, 0.6) is 0 Å². The summed E-state index contributed by atoms with van der Waals surface area (Å²) in [6, 6.07) is 16.2. The van der Waals surface area contributed by atoms with Gasteiger partial charge in [-0.25, -0.2) is 4.79 Å². The van der Waals surface area contributed by atoms with Crippen LogP contribution in [-0.4, -0.2) is 47.5 Å². The normalized spacial score (nSPS) is 24.9. The van der Waals surface area contributed by atoms with Crippen LogP contribution < -0.4 is 0 Å². The zero-order valence-corrected chi connectivity index (χ0v) is 15.8. The second-order valence-electron chi connectivity index (χ2n) is 8.16. The number of Topliss-reactive ketones (excluding diaryl/α,β-unsaturated/α-hetero) is 1. The summed E-state index contributed by atoms with van der Waals surface area (Å²) in [5.74, 6) is -1.74. The topological polar surface area (TPSA) is 83.9 Å². The van der Waals surface area contributed by atoms with E-state index >= 15 is 0 Å². The minimum atomic E-state index is -1.15. The van der Waals surface area contributed by atoms with Gasteiger partial charge in [-0.2, -0.15) is 0 Å². The number of ketones is 1. The Morgan fingerprint density at radius 1 is 1.07 bits per heavy atom. The first-order valence-electron chi connectivity index (χ1n) is 9.87. The minimum Gasteiger partial charge on any atom is -0.481 e. The van der Waals surface area contributed by atoms with E-state index in [1.54, 1.807) is 0 Å². The number of amides is 1. The van der Waals surface area contributed by atoms with E-state index < -0.39 is 23.4 Å². The molecule has 5 rings (SSSR count). The molecule has 148 valence electrons. The second-order valence-corrected chi connectivity index (χ2v) is 8.16. The molecule has 2 atom stereocenters. The Morgan fingerprint density at radius 3 is 2.28 bits per heavy atom. The van der Waals surface area contributed by atoms with Crippen molar-refractivity contribution in [3.8, 4) is 11.1 Å². The molecule has 0 bridgehead atoms. The summed E-state index contributed by atoms with van der Waals surface area (Å²) in [6.45, 7) is 0.346. The lowest BCUT2D eigenvalue weighted by molar-refractivity contribution is -0.150. The molecule has 6 heteroatoms. The molecule has 1 saturated heterocycles. The third-order valence-electron chi connectivity index (χ3n) is 6.77. The highest BCUT2D eigenvalue weighted by atomic mass is 16.6. The lowest BCUT2D eigenvalue weighted by Crippen LogP contribution is -2.38. The predicted octanol–water partition coefficient (Wildman–Crippen LogP) is 3.30. The molecule has 0 spiro atoms. The van der Waals surface area contributed by atoms with Gasteiger partial charge < -0.3 is 14.7 Å². The van der Waals surface area contributed by atoms with Crippen LogP contribution in [-0.2, 0) is 14.3 Å². The molecule has 2 fully saturated rings. The maximum absolute atomic E-state index is 12.7. The van der Waals surface area contributed by atoms with E-state index in [0.717, 1.165) is 22.3 Å². The average molecular weight is 391 g/mol. The van der Waals surface area contributed by atoms with Crippen LogP contribution in [0.3, 0.4) is 0 Å². The molecule has 3 aliphatic rings. The Bertz CT molecular complexity index is 986. The number of carbonyl (C=O) groups is 3. The monoisotopic (exact) mass is 391 g/mol. The number of rotatable bonds is 3. The lowest BCUT2D eigenvalue weighted by atomic mass is 9.81. The highest BCUT2D eigenvalue weighted by Gasteiger charge is 2.60. The number of benzene rings is 2. The highest BCUT2D eigenvalue weighted by molar-refractivity contribution is 5.94. The van der Waals surface area contributed by atoms with Crippen LogP contribution in [0.1, 0.15) is 29.9 Å². The standard InChI is InChI=1S/C23H21NO5/c25-20-9-10-23(21(26)27)13-24(11-19(20)23)22(28)29-12-18-16-7-3-1-5-14(16)15-6-2-4-8-17(15)18/h1-8,18-19H,9-13H2,(H,26,27). The fraction of sp³-hybridized carbons (Fsp3) is 0.348. The Morgan fingerprint density at radius 2 is 1.69 bits per heavy atom. The Balaban J connectivity index is 1.33. The van der Waals surface area contributed by atoms with Gasteiger partial charge in [0.1, 0.15) is 12.4 Å². The van der Waals surface area contributed by atoms with E-state index in [4.69, 9.17) is 4.74 Å². The number of aliphatic carboxylic acids is 1. The summed E-state index contributed by atoms with van der Waals surface area (Å²) >= 11 is 0. The van der Waals surface area contributed by atoms with Crippen molar-refractivity contribution >= 4 is 17.8 Å². The van der Waals surface area contributed by atoms with E-state index in [9.17, 15) is 19.5 Å². The van der Waals surface area contributed by atoms with Crippen LogP contribution >= 0.6 is 0 Å². The Hall–Kier alpha value is -3.15. The van der Waals surface area contributed by atoms with Gasteiger partial charge >= 0.3 is 12.1 Å². The fourth-order valence-corrected chi connectivity index (χ4v) is 5.24. The molecule has 0 radical (unpaired) electrons. The third kappa shape index (κ3) is 2.58. The SMILES string of the molecule is O=C1CCC2(C(=O)O)CN(C(=O)OCC3c4ccccc4-c4ccccc43)CC12. The molecule has 1 amide bonds. The van der Waals surface area contributed by atoms with Crippen LogP contribution in [0.25, 0.3) is 11.1 Å². The van der Waals surface area contributed by atoms with E-state index in [1.807, 2.05) is 36.4 Å². The number of hydrogen-bond donors (Lipinski definition) is 1. The molecule has 1 heterocycles. The molecule has 1 saturated carbocycles. The number of carboxylic acids is 1. The maximum Gasteiger partial charge on any atom is 0.409 e. The number of fused-ring (bicyclic) bond motifs is 4. The zero-order valence-electron chi connectivity index (χ0n) is 15.8. The number of carboxylic acid groups (broad SMARTS) is 1. The van der Waals surface area contributed by atoms with Gasteiger partial charge in [0, 0.05) is 25.4 Å². The number of ether oxygens (including phenoxy) is 1. The third-order valence-corrected chi connectivity index (χ3v) is 6.77. The van der Waals surface area contributed by atoms with Gasteiger partial charge in [-0.1, -0.05) is 48.5 Å². The molecule has 2 aromatic rings. The van der Waals surface area contributed by atoms with Gasteiger partial charge in [-0.05, 0) is 28.7 Å². The molecule has 0 aromatic heterocycles. The molecule has 2 aliphatic carbocycles. The van der Waals surface area contributed by atoms with E-state index in [1.165, 1.54) is 4.90 Å². The molecular formula is C23H21NO5. The van der Waals surface area contributed by atoms with Crippen LogP contribution in [0.2, 0.25) is 0 Å². The molecule has 29 heavy (non-hydrogen) atoms. The Labute approximate surface area is 168 Å². The van der Waals surface area contributed by atoms with E-state index in [0.29, 0.717) is 6.42 Å². The van der Waals surface area contributed by atoms with Crippen molar-refractivity contribution < 1.29 is 24.2 Å². The quantitative estimate of drug-likeness (QED) is 0.868. The predicted molar refractivity (Wildman–Crippen MR) is 104 cm³/mol. The summed E-state index contributed by atoms with van der Waals surface area (Å²) in [6.07, 6.45) is 0.0174. The number of nitrogens with zero attached hydrogens (tertiary/aromatic N) is 1. The van der Waals surface area contributed by atoms with Crippen molar-refractivity contribution in [3.05, 3.63) is 59.7 Å². The summed E-state index contributed by atoms with van der Waals surface area (Å²) in [7, 11) is 0. The second kappa shape index (κ2) is 6.44. The summed E-state index contributed by atoms with van der Waals surface area (Å²) in [4.78, 5) is 38.1. The molecule has 2 unspecified atom stereocenters. The zero-order chi connectivity index (χ0) is 20.2. The van der Waals surface area contributed by atoms with Crippen molar-refractivity contribution in [1.29, 1.82) is 0 Å². The van der Waals surface area contributed by atoms with Crippen LogP contribution in [0.4, 0.5) is 4.79 Å². The molecule has 1 aliphatic heterocycles. The van der Waals surface area contributed by atoms with E-state index in [2.05, 4.69) is 12.1 Å². The molecule has 2 aromatic carbocycles. The molecular weight excluding hydrogens is 370 g/mol. The Kier molecular flexibility index (Phi) is 3.98. The van der Waals surface area contributed by atoms with E-state index in [-0.39, 0.29) is 37.8 Å². The smallest absolute Gasteiger partial charge is 0.409 e. The molecule has 6 nitrogen and oxygen atoms in total.